The number of pyridine rings is 1. The lowest BCUT2D eigenvalue weighted by Gasteiger charge is -2.29. The smallest absolute Gasteiger partial charge is 0.323 e. The second kappa shape index (κ2) is 7.78. The molecule has 0 unspecified atom stereocenters. The molecule has 0 aliphatic carbocycles. The number of likely N-dealkylation sites (tertiary alicyclic amines) is 1. The molecule has 1 N–H and O–H groups in total. The van der Waals surface area contributed by atoms with Gasteiger partial charge in [-0.05, 0) is 12.8 Å². The van der Waals surface area contributed by atoms with Gasteiger partial charge >= 0.3 is 6.03 Å². The number of nitrogens with one attached hydrogen (secondary N) is 1. The molecule has 2 aromatic heterocycles. The van der Waals surface area contributed by atoms with Gasteiger partial charge in [0.2, 0.25) is 11.8 Å². The number of carbonyl (C=O) groups is 1. The summed E-state index contributed by atoms with van der Waals surface area (Å²) < 4.78 is 31.6. The monoisotopic (exact) mass is 437 g/mol. The SMILES string of the molecule is COc1nc(F)c(N2CCOCC2)c2sc(NC(=O)N3CC[C@@]4(CCOC4)C3)nc12. The van der Waals surface area contributed by atoms with Gasteiger partial charge in [0.05, 0.1) is 31.6 Å². The molecule has 30 heavy (non-hydrogen) atoms. The van der Waals surface area contributed by atoms with Crippen LogP contribution in [0.15, 0.2) is 0 Å². The number of fused-ring (bicyclic) bond motifs is 1. The van der Waals surface area contributed by atoms with E-state index in [4.69, 9.17) is 14.2 Å². The van der Waals surface area contributed by atoms with Gasteiger partial charge in [-0.2, -0.15) is 9.37 Å². The van der Waals surface area contributed by atoms with Gasteiger partial charge in [-0.15, -0.1) is 0 Å². The van der Waals surface area contributed by atoms with Crippen LogP contribution >= 0.6 is 11.3 Å². The summed E-state index contributed by atoms with van der Waals surface area (Å²) in [6, 6.07) is -0.196. The number of aromatic nitrogens is 2. The first-order valence-corrected chi connectivity index (χ1v) is 10.9. The number of urea groups is 1. The van der Waals surface area contributed by atoms with Crippen molar-refractivity contribution in [2.45, 2.75) is 12.8 Å². The van der Waals surface area contributed by atoms with E-state index < -0.39 is 5.95 Å². The van der Waals surface area contributed by atoms with Crippen molar-refractivity contribution in [3.8, 4) is 5.88 Å². The molecule has 3 aliphatic rings. The normalized spacial score (nSPS) is 24.2. The Morgan fingerprint density at radius 3 is 2.77 bits per heavy atom. The maximum Gasteiger partial charge on any atom is 0.323 e. The Kier molecular flexibility index (Phi) is 5.11. The molecule has 3 saturated heterocycles. The van der Waals surface area contributed by atoms with Gasteiger partial charge in [0, 0.05) is 38.2 Å². The van der Waals surface area contributed by atoms with Gasteiger partial charge in [-0.25, -0.2) is 9.78 Å². The summed E-state index contributed by atoms with van der Waals surface area (Å²) in [5.41, 5.74) is 0.920. The van der Waals surface area contributed by atoms with Crippen molar-refractivity contribution < 1.29 is 23.4 Å². The zero-order chi connectivity index (χ0) is 20.7. The number of halogens is 1. The molecule has 11 heteroatoms. The second-order valence-corrected chi connectivity index (χ2v) is 8.96. The van der Waals surface area contributed by atoms with Crippen molar-refractivity contribution in [3.05, 3.63) is 5.95 Å². The zero-order valence-corrected chi connectivity index (χ0v) is 17.6. The van der Waals surface area contributed by atoms with E-state index in [1.54, 1.807) is 4.90 Å². The van der Waals surface area contributed by atoms with E-state index >= 15 is 0 Å². The summed E-state index contributed by atoms with van der Waals surface area (Å²) >= 11 is 1.24. The highest BCUT2D eigenvalue weighted by atomic mass is 32.1. The highest BCUT2D eigenvalue weighted by molar-refractivity contribution is 7.23. The number of amides is 2. The number of carbonyl (C=O) groups excluding carboxylic acids is 1. The Bertz CT molecular complexity index is 958. The van der Waals surface area contributed by atoms with Crippen LogP contribution in [0.5, 0.6) is 5.88 Å². The molecule has 0 radical (unpaired) electrons. The number of methoxy groups -OCH3 is 1. The van der Waals surface area contributed by atoms with Gasteiger partial charge in [0.15, 0.2) is 5.13 Å². The van der Waals surface area contributed by atoms with Gasteiger partial charge in [0.25, 0.3) is 0 Å². The third-order valence-corrected chi connectivity index (χ3v) is 7.06. The molecular formula is C19H24FN5O4S. The van der Waals surface area contributed by atoms with Crippen LogP contribution in [0.1, 0.15) is 12.8 Å². The molecule has 1 atom stereocenters. The molecule has 1 spiro atoms. The molecule has 3 fully saturated rings. The number of hydrogen-bond acceptors (Lipinski definition) is 8. The van der Waals surface area contributed by atoms with Gasteiger partial charge in [-0.3, -0.25) is 5.32 Å². The average molecular weight is 437 g/mol. The number of anilines is 2. The molecule has 5 rings (SSSR count). The van der Waals surface area contributed by atoms with Crippen LogP contribution in [-0.2, 0) is 9.47 Å². The van der Waals surface area contributed by atoms with Crippen LogP contribution in [0.4, 0.5) is 20.0 Å². The third-order valence-electron chi connectivity index (χ3n) is 6.08. The van der Waals surface area contributed by atoms with E-state index in [1.807, 2.05) is 4.90 Å². The first-order valence-electron chi connectivity index (χ1n) is 10.1. The maximum atomic E-state index is 14.8. The fourth-order valence-electron chi connectivity index (χ4n) is 4.42. The first kappa shape index (κ1) is 19.7. The molecule has 0 bridgehead atoms. The number of morpholine rings is 1. The van der Waals surface area contributed by atoms with E-state index in [2.05, 4.69) is 15.3 Å². The Hall–Kier alpha value is -2.24. The Labute approximate surface area is 177 Å². The van der Waals surface area contributed by atoms with Crippen LogP contribution in [0.25, 0.3) is 10.2 Å². The number of ether oxygens (including phenoxy) is 3. The molecule has 0 aromatic carbocycles. The zero-order valence-electron chi connectivity index (χ0n) is 16.8. The third kappa shape index (κ3) is 3.44. The summed E-state index contributed by atoms with van der Waals surface area (Å²) in [5, 5.41) is 3.29. The van der Waals surface area contributed by atoms with Crippen molar-refractivity contribution in [3.63, 3.8) is 0 Å². The van der Waals surface area contributed by atoms with Crippen molar-refractivity contribution in [1.82, 2.24) is 14.9 Å². The summed E-state index contributed by atoms with van der Waals surface area (Å²) in [6.07, 6.45) is 1.94. The topological polar surface area (TPSA) is 89.1 Å². The fourth-order valence-corrected chi connectivity index (χ4v) is 5.43. The summed E-state index contributed by atoms with van der Waals surface area (Å²) in [4.78, 5) is 25.0. The molecular weight excluding hydrogens is 413 g/mol. The van der Waals surface area contributed by atoms with Crippen molar-refractivity contribution in [2.24, 2.45) is 5.41 Å². The van der Waals surface area contributed by atoms with Crippen LogP contribution in [0.3, 0.4) is 0 Å². The van der Waals surface area contributed by atoms with Crippen LogP contribution < -0.4 is 15.0 Å². The quantitative estimate of drug-likeness (QED) is 0.737. The van der Waals surface area contributed by atoms with E-state index in [0.717, 1.165) is 19.4 Å². The van der Waals surface area contributed by atoms with Crippen molar-refractivity contribution in [1.29, 1.82) is 0 Å². The lowest BCUT2D eigenvalue weighted by molar-refractivity contribution is 0.122. The Morgan fingerprint density at radius 2 is 2.03 bits per heavy atom. The van der Waals surface area contributed by atoms with E-state index in [9.17, 15) is 9.18 Å². The Morgan fingerprint density at radius 1 is 1.20 bits per heavy atom. The second-order valence-electron chi connectivity index (χ2n) is 7.96. The highest BCUT2D eigenvalue weighted by Gasteiger charge is 2.43. The van der Waals surface area contributed by atoms with Gasteiger partial charge in [0.1, 0.15) is 11.2 Å². The highest BCUT2D eigenvalue weighted by Crippen LogP contribution is 2.41. The lowest BCUT2D eigenvalue weighted by Crippen LogP contribution is -2.37. The van der Waals surface area contributed by atoms with E-state index in [-0.39, 0.29) is 17.3 Å². The predicted octanol–water partition coefficient (Wildman–Crippen LogP) is 2.32. The standard InChI is InChI=1S/C19H24FN5O4S/c1-27-16-12-14(13(15(20)22-16)24-5-8-28-9-6-24)30-17(21-12)23-18(26)25-4-2-19(10-25)3-7-29-11-19/h2-11H2,1H3,(H,21,23,26)/t19-/m1/s1. The van der Waals surface area contributed by atoms with E-state index in [1.165, 1.54) is 18.4 Å². The summed E-state index contributed by atoms with van der Waals surface area (Å²) in [5.74, 6) is -0.495. The fraction of sp³-hybridized carbons (Fsp3) is 0.632. The van der Waals surface area contributed by atoms with Crippen LogP contribution in [0, 0.1) is 11.4 Å². The summed E-state index contributed by atoms with van der Waals surface area (Å²) in [7, 11) is 1.43. The molecule has 2 amide bonds. The molecule has 162 valence electrons. The number of hydrogen-bond donors (Lipinski definition) is 1. The number of rotatable bonds is 3. The molecule has 3 aliphatic heterocycles. The molecule has 2 aromatic rings. The Balaban J connectivity index is 1.41. The van der Waals surface area contributed by atoms with Gasteiger partial charge in [-0.1, -0.05) is 11.3 Å². The number of thiazole rings is 1. The molecule has 9 nitrogen and oxygen atoms in total. The summed E-state index contributed by atoms with van der Waals surface area (Å²) in [6.45, 7) is 5.03. The largest absolute Gasteiger partial charge is 0.479 e. The average Bonchev–Trinajstić information content (AvgIpc) is 3.49. The first-order chi connectivity index (χ1) is 14.6. The predicted molar refractivity (Wildman–Crippen MR) is 110 cm³/mol. The minimum Gasteiger partial charge on any atom is -0.479 e. The minimum atomic E-state index is -0.606. The molecule has 0 saturated carbocycles. The van der Waals surface area contributed by atoms with Crippen molar-refractivity contribution >= 4 is 38.4 Å². The minimum absolute atomic E-state index is 0.0880. The van der Waals surface area contributed by atoms with Crippen LogP contribution in [-0.4, -0.2) is 80.6 Å². The maximum absolute atomic E-state index is 14.8. The van der Waals surface area contributed by atoms with Gasteiger partial charge < -0.3 is 24.0 Å². The number of nitrogens with zero attached hydrogens (tertiary/aromatic N) is 4. The lowest BCUT2D eigenvalue weighted by atomic mass is 9.87. The molecule has 5 heterocycles. The van der Waals surface area contributed by atoms with Crippen molar-refractivity contribution in [2.75, 3.05) is 69.9 Å². The van der Waals surface area contributed by atoms with E-state index in [0.29, 0.717) is 67.0 Å². The van der Waals surface area contributed by atoms with Crippen LogP contribution in [0.2, 0.25) is 0 Å².